The van der Waals surface area contributed by atoms with E-state index in [1.165, 1.54) is 32.4 Å². The molecule has 1 N–H and O–H groups in total. The van der Waals surface area contributed by atoms with Gasteiger partial charge in [0.05, 0.1) is 6.61 Å². The second-order valence-electron chi connectivity index (χ2n) is 7.49. The van der Waals surface area contributed by atoms with Gasteiger partial charge < -0.3 is 19.7 Å². The van der Waals surface area contributed by atoms with Gasteiger partial charge in [0.1, 0.15) is 0 Å². The third-order valence-electron chi connectivity index (χ3n) is 5.98. The SMILES string of the molecule is CN=C(NCC1(N2CCCC2)CCOCC1)N1CCC(COC)C1.I. The first-order valence-electron chi connectivity index (χ1n) is 9.55. The topological polar surface area (TPSA) is 49.3 Å². The molecule has 0 saturated carbocycles. The molecule has 3 fully saturated rings. The lowest BCUT2D eigenvalue weighted by atomic mass is 9.88. The van der Waals surface area contributed by atoms with Crippen LogP contribution in [0.4, 0.5) is 0 Å². The van der Waals surface area contributed by atoms with Crippen LogP contribution in [0.2, 0.25) is 0 Å². The molecule has 3 saturated heterocycles. The first-order valence-corrected chi connectivity index (χ1v) is 9.55. The highest BCUT2D eigenvalue weighted by molar-refractivity contribution is 14.0. The normalized spacial score (nSPS) is 27.4. The van der Waals surface area contributed by atoms with Gasteiger partial charge in [0.2, 0.25) is 0 Å². The molecule has 1 unspecified atom stereocenters. The van der Waals surface area contributed by atoms with Gasteiger partial charge in [-0.05, 0) is 45.2 Å². The zero-order chi connectivity index (χ0) is 16.8. The Morgan fingerprint density at radius 1 is 1.24 bits per heavy atom. The Labute approximate surface area is 169 Å². The van der Waals surface area contributed by atoms with Crippen molar-refractivity contribution in [3.63, 3.8) is 0 Å². The van der Waals surface area contributed by atoms with Crippen LogP contribution in [0.1, 0.15) is 32.1 Å². The Morgan fingerprint density at radius 2 is 1.96 bits per heavy atom. The lowest BCUT2D eigenvalue weighted by molar-refractivity contribution is -0.0166. The lowest BCUT2D eigenvalue weighted by Gasteiger charge is -2.45. The number of rotatable bonds is 5. The molecule has 146 valence electrons. The van der Waals surface area contributed by atoms with Crippen LogP contribution in [0.5, 0.6) is 0 Å². The van der Waals surface area contributed by atoms with Crippen molar-refractivity contribution in [2.45, 2.75) is 37.6 Å². The van der Waals surface area contributed by atoms with Crippen molar-refractivity contribution < 1.29 is 9.47 Å². The second kappa shape index (κ2) is 10.3. The average Bonchev–Trinajstić information content (AvgIpc) is 3.29. The zero-order valence-electron chi connectivity index (χ0n) is 15.8. The lowest BCUT2D eigenvalue weighted by Crippen LogP contribution is -2.58. The summed E-state index contributed by atoms with van der Waals surface area (Å²) in [4.78, 5) is 9.64. The van der Waals surface area contributed by atoms with Crippen LogP contribution in [0, 0.1) is 5.92 Å². The number of nitrogens with zero attached hydrogens (tertiary/aromatic N) is 3. The molecule has 3 rings (SSSR count). The molecule has 3 aliphatic heterocycles. The van der Waals surface area contributed by atoms with E-state index in [9.17, 15) is 0 Å². The van der Waals surface area contributed by atoms with E-state index in [0.29, 0.717) is 5.92 Å². The highest BCUT2D eigenvalue weighted by atomic mass is 127. The molecule has 6 nitrogen and oxygen atoms in total. The molecule has 0 spiro atoms. The largest absolute Gasteiger partial charge is 0.384 e. The van der Waals surface area contributed by atoms with Gasteiger partial charge in [0.15, 0.2) is 5.96 Å². The van der Waals surface area contributed by atoms with E-state index in [1.807, 2.05) is 7.05 Å². The Bertz CT molecular complexity index is 423. The summed E-state index contributed by atoms with van der Waals surface area (Å²) in [5, 5.41) is 3.70. The summed E-state index contributed by atoms with van der Waals surface area (Å²) in [6.45, 7) is 8.20. The standard InChI is InChI=1S/C18H34N4O2.HI/c1-19-17(21-10-5-16(13-21)14-23-2)20-15-18(6-11-24-12-7-18)22-8-3-4-9-22;/h16H,3-15H2,1-2H3,(H,19,20);1H. The smallest absolute Gasteiger partial charge is 0.193 e. The average molecular weight is 466 g/mol. The molecular formula is C18H35IN4O2. The first kappa shape index (κ1) is 21.2. The summed E-state index contributed by atoms with van der Waals surface area (Å²) < 4.78 is 11.0. The van der Waals surface area contributed by atoms with Crippen molar-refractivity contribution in [1.29, 1.82) is 0 Å². The zero-order valence-corrected chi connectivity index (χ0v) is 18.2. The van der Waals surface area contributed by atoms with Crippen LogP contribution in [-0.2, 0) is 9.47 Å². The number of methoxy groups -OCH3 is 1. The number of aliphatic imine (C=N–C) groups is 1. The molecule has 3 heterocycles. The molecule has 0 aromatic carbocycles. The summed E-state index contributed by atoms with van der Waals surface area (Å²) in [6.07, 6.45) is 6.12. The quantitative estimate of drug-likeness (QED) is 0.381. The van der Waals surface area contributed by atoms with Gasteiger partial charge in [0.25, 0.3) is 0 Å². The Hall–Kier alpha value is -0.120. The van der Waals surface area contributed by atoms with Crippen molar-refractivity contribution in [2.75, 3.05) is 66.7 Å². The van der Waals surface area contributed by atoms with Gasteiger partial charge in [0, 0.05) is 58.5 Å². The minimum absolute atomic E-state index is 0. The highest BCUT2D eigenvalue weighted by Crippen LogP contribution is 2.31. The molecule has 0 amide bonds. The van der Waals surface area contributed by atoms with Gasteiger partial charge in [-0.2, -0.15) is 0 Å². The number of ether oxygens (including phenoxy) is 2. The number of halogens is 1. The van der Waals surface area contributed by atoms with E-state index in [-0.39, 0.29) is 29.5 Å². The molecule has 3 aliphatic rings. The van der Waals surface area contributed by atoms with E-state index >= 15 is 0 Å². The Morgan fingerprint density at radius 3 is 2.60 bits per heavy atom. The summed E-state index contributed by atoms with van der Waals surface area (Å²) in [5.41, 5.74) is 0.246. The molecule has 7 heteroatoms. The maximum atomic E-state index is 5.65. The number of likely N-dealkylation sites (tertiary alicyclic amines) is 2. The van der Waals surface area contributed by atoms with Gasteiger partial charge in [-0.1, -0.05) is 0 Å². The van der Waals surface area contributed by atoms with Crippen molar-refractivity contribution in [1.82, 2.24) is 15.1 Å². The van der Waals surface area contributed by atoms with Crippen LogP contribution in [0.25, 0.3) is 0 Å². The van der Waals surface area contributed by atoms with E-state index in [4.69, 9.17) is 9.47 Å². The van der Waals surface area contributed by atoms with E-state index < -0.39 is 0 Å². The predicted octanol–water partition coefficient (Wildman–Crippen LogP) is 1.79. The van der Waals surface area contributed by atoms with Crippen LogP contribution in [0.15, 0.2) is 4.99 Å². The van der Waals surface area contributed by atoms with Gasteiger partial charge in [-0.15, -0.1) is 24.0 Å². The van der Waals surface area contributed by atoms with Gasteiger partial charge in [-0.3, -0.25) is 9.89 Å². The second-order valence-corrected chi connectivity index (χ2v) is 7.49. The summed E-state index contributed by atoms with van der Waals surface area (Å²) in [7, 11) is 3.69. The summed E-state index contributed by atoms with van der Waals surface area (Å²) in [6, 6.07) is 0. The third-order valence-corrected chi connectivity index (χ3v) is 5.98. The number of hydrogen-bond donors (Lipinski definition) is 1. The molecular weight excluding hydrogens is 431 g/mol. The van der Waals surface area contributed by atoms with Crippen LogP contribution < -0.4 is 5.32 Å². The van der Waals surface area contributed by atoms with E-state index in [1.54, 1.807) is 7.11 Å². The molecule has 0 aromatic rings. The van der Waals surface area contributed by atoms with Crippen LogP contribution >= 0.6 is 24.0 Å². The summed E-state index contributed by atoms with van der Waals surface area (Å²) in [5.74, 6) is 1.68. The van der Waals surface area contributed by atoms with Gasteiger partial charge in [-0.25, -0.2) is 0 Å². The highest BCUT2D eigenvalue weighted by Gasteiger charge is 2.40. The van der Waals surface area contributed by atoms with Crippen molar-refractivity contribution >= 4 is 29.9 Å². The van der Waals surface area contributed by atoms with Crippen molar-refractivity contribution in [3.8, 4) is 0 Å². The van der Waals surface area contributed by atoms with E-state index in [2.05, 4.69) is 20.1 Å². The fraction of sp³-hybridized carbons (Fsp3) is 0.944. The van der Waals surface area contributed by atoms with E-state index in [0.717, 1.165) is 58.3 Å². The molecule has 0 bridgehead atoms. The van der Waals surface area contributed by atoms with Crippen LogP contribution in [0.3, 0.4) is 0 Å². The number of nitrogens with one attached hydrogen (secondary N) is 1. The minimum Gasteiger partial charge on any atom is -0.384 e. The maximum Gasteiger partial charge on any atom is 0.193 e. The molecule has 25 heavy (non-hydrogen) atoms. The fourth-order valence-corrected chi connectivity index (χ4v) is 4.52. The molecule has 1 atom stereocenters. The van der Waals surface area contributed by atoms with Crippen molar-refractivity contribution in [2.24, 2.45) is 10.9 Å². The number of hydrogen-bond acceptors (Lipinski definition) is 4. The van der Waals surface area contributed by atoms with Crippen LogP contribution in [-0.4, -0.2) is 88.0 Å². The molecule has 0 aliphatic carbocycles. The Balaban J connectivity index is 0.00000225. The predicted molar refractivity (Wildman–Crippen MR) is 112 cm³/mol. The maximum absolute atomic E-state index is 5.65. The fourth-order valence-electron chi connectivity index (χ4n) is 4.52. The third kappa shape index (κ3) is 5.20. The Kier molecular flexibility index (Phi) is 8.71. The minimum atomic E-state index is 0. The van der Waals surface area contributed by atoms with Crippen molar-refractivity contribution in [3.05, 3.63) is 0 Å². The number of guanidine groups is 1. The first-order chi connectivity index (χ1) is 11.8. The molecule has 0 radical (unpaired) electrons. The monoisotopic (exact) mass is 466 g/mol. The summed E-state index contributed by atoms with van der Waals surface area (Å²) >= 11 is 0. The van der Waals surface area contributed by atoms with Gasteiger partial charge >= 0.3 is 0 Å². The molecule has 0 aromatic heterocycles.